The maximum Gasteiger partial charge on any atom is 0.419 e. The van der Waals surface area contributed by atoms with E-state index in [0.29, 0.717) is 12.1 Å². The van der Waals surface area contributed by atoms with Crippen LogP contribution in [-0.2, 0) is 6.18 Å². The lowest BCUT2D eigenvalue weighted by atomic mass is 10.1. The molecule has 0 unspecified atom stereocenters. The Bertz CT molecular complexity index is 774. The summed E-state index contributed by atoms with van der Waals surface area (Å²) in [6, 6.07) is 2.38. The van der Waals surface area contributed by atoms with Gasteiger partial charge in [-0.25, -0.2) is 9.07 Å². The van der Waals surface area contributed by atoms with Crippen molar-refractivity contribution in [2.24, 2.45) is 0 Å². The molecule has 1 aromatic heterocycles. The van der Waals surface area contributed by atoms with Crippen LogP contribution in [-0.4, -0.2) is 34.0 Å². The molecule has 0 atom stereocenters. The first kappa shape index (κ1) is 20.1. The Balaban J connectivity index is 0.00000243. The van der Waals surface area contributed by atoms with Gasteiger partial charge in [-0.3, -0.25) is 4.79 Å². The predicted octanol–water partition coefficient (Wildman–Crippen LogP) is 3.03. The first-order valence-corrected chi connectivity index (χ1v) is 7.65. The number of halogens is 5. The summed E-state index contributed by atoms with van der Waals surface area (Å²) in [5.74, 6) is -2.11. The van der Waals surface area contributed by atoms with Crippen LogP contribution in [0.1, 0.15) is 34.9 Å². The van der Waals surface area contributed by atoms with Crippen molar-refractivity contribution in [2.75, 3.05) is 18.4 Å². The fraction of sp³-hybridized carbons (Fsp3) is 0.400. The third-order valence-corrected chi connectivity index (χ3v) is 3.96. The second-order valence-electron chi connectivity index (χ2n) is 5.71. The summed E-state index contributed by atoms with van der Waals surface area (Å²) in [6.07, 6.45) is -1.70. The highest BCUT2D eigenvalue weighted by molar-refractivity contribution is 6.02. The number of hydrogen-bond acceptors (Lipinski definition) is 4. The van der Waals surface area contributed by atoms with E-state index in [4.69, 9.17) is 0 Å². The highest BCUT2D eigenvalue weighted by Gasteiger charge is 2.34. The molecule has 2 N–H and O–H groups in total. The lowest BCUT2D eigenvalue weighted by Gasteiger charge is -2.22. The van der Waals surface area contributed by atoms with E-state index in [1.165, 1.54) is 6.20 Å². The Morgan fingerprint density at radius 1 is 1.27 bits per heavy atom. The summed E-state index contributed by atoms with van der Waals surface area (Å²) in [7, 11) is 0. The van der Waals surface area contributed by atoms with Gasteiger partial charge in [0.1, 0.15) is 5.82 Å². The largest absolute Gasteiger partial charge is 0.419 e. The highest BCUT2D eigenvalue weighted by Crippen LogP contribution is 2.33. The van der Waals surface area contributed by atoms with Crippen LogP contribution in [0.25, 0.3) is 0 Å². The maximum atomic E-state index is 13.3. The van der Waals surface area contributed by atoms with Crippen LogP contribution in [0.4, 0.5) is 23.2 Å². The number of piperidine rings is 1. The lowest BCUT2D eigenvalue weighted by Crippen LogP contribution is -2.29. The van der Waals surface area contributed by atoms with Crippen molar-refractivity contribution < 1.29 is 22.4 Å². The fourth-order valence-electron chi connectivity index (χ4n) is 2.65. The lowest BCUT2D eigenvalue weighted by molar-refractivity contribution is -0.139. The molecular weight excluding hydrogens is 378 g/mol. The van der Waals surface area contributed by atoms with E-state index in [2.05, 4.69) is 20.9 Å². The van der Waals surface area contributed by atoms with Crippen LogP contribution >= 0.6 is 12.4 Å². The van der Waals surface area contributed by atoms with Gasteiger partial charge in [0.15, 0.2) is 5.69 Å². The number of carbonyl (C=O) groups excluding carboxylic acids is 1. The van der Waals surface area contributed by atoms with E-state index in [1.54, 1.807) is 4.68 Å². The number of amides is 1. The summed E-state index contributed by atoms with van der Waals surface area (Å²) in [6.45, 7) is 1.67. The molecule has 142 valence electrons. The zero-order valence-corrected chi connectivity index (χ0v) is 14.2. The SMILES string of the molecule is Cl.O=C(Nc1ccc(F)c(C(F)(F)F)c1)c1cn(C2CCNCC2)nn1. The first-order valence-electron chi connectivity index (χ1n) is 7.65. The Kier molecular flexibility index (Phi) is 6.19. The number of anilines is 1. The van der Waals surface area contributed by atoms with Crippen molar-refractivity contribution in [3.63, 3.8) is 0 Å². The van der Waals surface area contributed by atoms with Gasteiger partial charge < -0.3 is 10.6 Å². The summed E-state index contributed by atoms with van der Waals surface area (Å²) >= 11 is 0. The molecule has 0 saturated carbocycles. The zero-order chi connectivity index (χ0) is 18.0. The molecule has 0 radical (unpaired) electrons. The molecule has 0 aliphatic carbocycles. The Hall–Kier alpha value is -2.20. The number of alkyl halides is 3. The van der Waals surface area contributed by atoms with Crippen LogP contribution in [0, 0.1) is 5.82 Å². The topological polar surface area (TPSA) is 71.8 Å². The number of hydrogen-bond donors (Lipinski definition) is 2. The number of benzene rings is 1. The number of nitrogens with one attached hydrogen (secondary N) is 2. The number of nitrogens with zero attached hydrogens (tertiary/aromatic N) is 3. The van der Waals surface area contributed by atoms with Gasteiger partial charge in [-0.1, -0.05) is 5.21 Å². The Morgan fingerprint density at radius 3 is 2.62 bits per heavy atom. The van der Waals surface area contributed by atoms with Crippen LogP contribution in [0.15, 0.2) is 24.4 Å². The van der Waals surface area contributed by atoms with Crippen LogP contribution in [0.5, 0.6) is 0 Å². The smallest absolute Gasteiger partial charge is 0.321 e. The van der Waals surface area contributed by atoms with E-state index in [1.807, 2.05) is 0 Å². The molecule has 1 aromatic carbocycles. The van der Waals surface area contributed by atoms with Crippen LogP contribution < -0.4 is 10.6 Å². The van der Waals surface area contributed by atoms with Crippen LogP contribution in [0.2, 0.25) is 0 Å². The molecular formula is C15H16ClF4N5O. The summed E-state index contributed by atoms with van der Waals surface area (Å²) in [5.41, 5.74) is -1.63. The van der Waals surface area contributed by atoms with Crippen LogP contribution in [0.3, 0.4) is 0 Å². The third-order valence-electron chi connectivity index (χ3n) is 3.96. The summed E-state index contributed by atoms with van der Waals surface area (Å²) in [5, 5.41) is 13.2. The minimum Gasteiger partial charge on any atom is -0.321 e. The molecule has 0 bridgehead atoms. The van der Waals surface area contributed by atoms with E-state index in [9.17, 15) is 22.4 Å². The summed E-state index contributed by atoms with van der Waals surface area (Å²) in [4.78, 5) is 12.1. The minimum atomic E-state index is -4.84. The van der Waals surface area contributed by atoms with Gasteiger partial charge in [0.25, 0.3) is 5.91 Å². The molecule has 1 saturated heterocycles. The molecule has 2 aromatic rings. The molecule has 1 amide bonds. The molecule has 6 nitrogen and oxygen atoms in total. The predicted molar refractivity (Wildman–Crippen MR) is 87.8 cm³/mol. The van der Waals surface area contributed by atoms with Crippen molar-refractivity contribution in [3.05, 3.63) is 41.5 Å². The van der Waals surface area contributed by atoms with Crippen molar-refractivity contribution in [2.45, 2.75) is 25.1 Å². The first-order chi connectivity index (χ1) is 11.8. The second-order valence-corrected chi connectivity index (χ2v) is 5.71. The average Bonchev–Trinajstić information content (AvgIpc) is 3.06. The van der Waals surface area contributed by atoms with E-state index >= 15 is 0 Å². The van der Waals surface area contributed by atoms with Crippen molar-refractivity contribution in [3.8, 4) is 0 Å². The fourth-order valence-corrected chi connectivity index (χ4v) is 2.65. The van der Waals surface area contributed by atoms with Gasteiger partial charge in [-0.2, -0.15) is 13.2 Å². The Labute approximate surface area is 152 Å². The monoisotopic (exact) mass is 393 g/mol. The van der Waals surface area contributed by atoms with Crippen molar-refractivity contribution in [1.29, 1.82) is 0 Å². The number of aromatic nitrogens is 3. The molecule has 26 heavy (non-hydrogen) atoms. The molecule has 1 fully saturated rings. The van der Waals surface area contributed by atoms with Gasteiger partial charge in [-0.15, -0.1) is 17.5 Å². The average molecular weight is 394 g/mol. The maximum absolute atomic E-state index is 13.3. The summed E-state index contributed by atoms with van der Waals surface area (Å²) < 4.78 is 53.0. The zero-order valence-electron chi connectivity index (χ0n) is 13.4. The van der Waals surface area contributed by atoms with E-state index < -0.39 is 23.5 Å². The molecule has 3 rings (SSSR count). The van der Waals surface area contributed by atoms with Gasteiger partial charge in [-0.05, 0) is 44.1 Å². The second kappa shape index (κ2) is 8.00. The quantitative estimate of drug-likeness (QED) is 0.786. The molecule has 11 heteroatoms. The number of rotatable bonds is 3. The number of carbonyl (C=O) groups is 1. The molecule has 1 aliphatic heterocycles. The molecule has 0 spiro atoms. The normalized spacial score (nSPS) is 15.4. The minimum absolute atomic E-state index is 0. The molecule has 1 aliphatic rings. The van der Waals surface area contributed by atoms with Gasteiger partial charge in [0.05, 0.1) is 17.8 Å². The van der Waals surface area contributed by atoms with Gasteiger partial charge in [0.2, 0.25) is 0 Å². The standard InChI is InChI=1S/C15H15F4N5O.ClH/c16-12-2-1-9(7-11(12)15(17,18)19)21-14(25)13-8-24(23-22-13)10-3-5-20-6-4-10;/h1-2,7-8,10,20H,3-6H2,(H,21,25);1H. The Morgan fingerprint density at radius 2 is 1.96 bits per heavy atom. The molecule has 2 heterocycles. The van der Waals surface area contributed by atoms with Crippen molar-refractivity contribution in [1.82, 2.24) is 20.3 Å². The third kappa shape index (κ3) is 4.50. The van der Waals surface area contributed by atoms with Crippen molar-refractivity contribution >= 4 is 24.0 Å². The van der Waals surface area contributed by atoms with E-state index in [-0.39, 0.29) is 29.8 Å². The van der Waals surface area contributed by atoms with Gasteiger partial charge >= 0.3 is 6.18 Å². The van der Waals surface area contributed by atoms with E-state index in [0.717, 1.165) is 32.0 Å². The highest BCUT2D eigenvalue weighted by atomic mass is 35.5. The van der Waals surface area contributed by atoms with Gasteiger partial charge in [0, 0.05) is 5.69 Å².